The lowest BCUT2D eigenvalue weighted by Crippen LogP contribution is -2.33. The summed E-state index contributed by atoms with van der Waals surface area (Å²) in [6, 6.07) is 7.42. The average molecular weight is 389 g/mol. The molecule has 0 radical (unpaired) electrons. The SMILES string of the molecule is O=C(O)CN1C(=O)S/C(=C/c2ccc(I)cc2)C1=O. The quantitative estimate of drug-likeness (QED) is 0.635. The van der Waals surface area contributed by atoms with Crippen LogP contribution in [0, 0.1) is 3.57 Å². The maximum absolute atomic E-state index is 11.9. The van der Waals surface area contributed by atoms with Crippen LogP contribution in [0.5, 0.6) is 0 Å². The Morgan fingerprint density at radius 3 is 2.53 bits per heavy atom. The van der Waals surface area contributed by atoms with E-state index >= 15 is 0 Å². The summed E-state index contributed by atoms with van der Waals surface area (Å²) in [5.41, 5.74) is 0.793. The van der Waals surface area contributed by atoms with E-state index in [1.807, 2.05) is 24.3 Å². The molecule has 0 aromatic heterocycles. The second-order valence-corrected chi connectivity index (χ2v) is 5.95. The van der Waals surface area contributed by atoms with Crippen LogP contribution in [0.1, 0.15) is 5.56 Å². The molecule has 0 bridgehead atoms. The molecule has 0 atom stereocenters. The maximum Gasteiger partial charge on any atom is 0.323 e. The molecule has 1 saturated heterocycles. The number of nitrogens with zero attached hydrogens (tertiary/aromatic N) is 1. The van der Waals surface area contributed by atoms with Crippen LogP contribution >= 0.6 is 34.4 Å². The number of carbonyl (C=O) groups is 3. The van der Waals surface area contributed by atoms with E-state index in [0.29, 0.717) is 0 Å². The number of imide groups is 1. The molecule has 19 heavy (non-hydrogen) atoms. The fourth-order valence-electron chi connectivity index (χ4n) is 1.48. The highest BCUT2D eigenvalue weighted by Crippen LogP contribution is 2.31. The van der Waals surface area contributed by atoms with E-state index in [9.17, 15) is 14.4 Å². The predicted molar refractivity (Wildman–Crippen MR) is 79.5 cm³/mol. The molecule has 0 unspecified atom stereocenters. The summed E-state index contributed by atoms with van der Waals surface area (Å²) in [6.45, 7) is -0.602. The minimum Gasteiger partial charge on any atom is -0.480 e. The third kappa shape index (κ3) is 3.35. The number of halogens is 1. The van der Waals surface area contributed by atoms with Crippen molar-refractivity contribution in [3.63, 3.8) is 0 Å². The summed E-state index contributed by atoms with van der Waals surface area (Å²) in [4.78, 5) is 35.0. The number of benzene rings is 1. The fourth-order valence-corrected chi connectivity index (χ4v) is 2.68. The number of amides is 2. The van der Waals surface area contributed by atoms with Crippen LogP contribution in [0.25, 0.3) is 6.08 Å². The van der Waals surface area contributed by atoms with Crippen molar-refractivity contribution in [3.05, 3.63) is 38.3 Å². The minimum absolute atomic E-state index is 0.243. The molecular formula is C12H8INO4S. The van der Waals surface area contributed by atoms with Gasteiger partial charge in [-0.2, -0.15) is 0 Å². The summed E-state index contributed by atoms with van der Waals surface area (Å²) >= 11 is 2.92. The number of thioether (sulfide) groups is 1. The number of carboxylic acids is 1. The highest BCUT2D eigenvalue weighted by molar-refractivity contribution is 14.1. The molecule has 1 heterocycles. The lowest BCUT2D eigenvalue weighted by atomic mass is 10.2. The Balaban J connectivity index is 2.23. The predicted octanol–water partition coefficient (Wildman–Crippen LogP) is 2.41. The van der Waals surface area contributed by atoms with E-state index in [2.05, 4.69) is 22.6 Å². The van der Waals surface area contributed by atoms with Crippen molar-refractivity contribution in [2.24, 2.45) is 0 Å². The second kappa shape index (κ2) is 5.74. The third-order valence-corrected chi connectivity index (χ3v) is 3.96. The molecule has 2 amide bonds. The molecule has 1 aliphatic rings. The van der Waals surface area contributed by atoms with E-state index in [-0.39, 0.29) is 4.91 Å². The van der Waals surface area contributed by atoms with Crippen molar-refractivity contribution in [3.8, 4) is 0 Å². The van der Waals surface area contributed by atoms with Gasteiger partial charge >= 0.3 is 5.97 Å². The van der Waals surface area contributed by atoms with Crippen LogP contribution in [-0.4, -0.2) is 33.7 Å². The van der Waals surface area contributed by atoms with Crippen LogP contribution in [0.3, 0.4) is 0 Å². The standard InChI is InChI=1S/C12H8INO4S/c13-8-3-1-7(2-4-8)5-9-11(17)14(6-10(15)16)12(18)19-9/h1-5H,6H2,(H,15,16)/b9-5+. The smallest absolute Gasteiger partial charge is 0.323 e. The molecule has 7 heteroatoms. The van der Waals surface area contributed by atoms with E-state index in [1.54, 1.807) is 6.08 Å². The van der Waals surface area contributed by atoms with Gasteiger partial charge in [-0.25, -0.2) is 0 Å². The van der Waals surface area contributed by atoms with Gasteiger partial charge in [-0.15, -0.1) is 0 Å². The van der Waals surface area contributed by atoms with Gasteiger partial charge in [0.05, 0.1) is 4.91 Å². The first-order valence-corrected chi connectivity index (χ1v) is 7.09. The van der Waals surface area contributed by atoms with E-state index in [1.165, 1.54) is 0 Å². The first kappa shape index (κ1) is 14.1. The van der Waals surface area contributed by atoms with Crippen LogP contribution in [0.15, 0.2) is 29.2 Å². The molecule has 98 valence electrons. The van der Waals surface area contributed by atoms with Crippen molar-refractivity contribution in [1.29, 1.82) is 0 Å². The van der Waals surface area contributed by atoms with Gasteiger partial charge in [-0.3, -0.25) is 19.3 Å². The zero-order chi connectivity index (χ0) is 14.0. The average Bonchev–Trinajstić information content (AvgIpc) is 2.60. The van der Waals surface area contributed by atoms with E-state index < -0.39 is 23.7 Å². The summed E-state index contributed by atoms with van der Waals surface area (Å²) < 4.78 is 1.06. The zero-order valence-electron chi connectivity index (χ0n) is 9.50. The van der Waals surface area contributed by atoms with Gasteiger partial charge in [0.2, 0.25) is 0 Å². The van der Waals surface area contributed by atoms with Crippen LogP contribution in [0.4, 0.5) is 4.79 Å². The Kier molecular flexibility index (Phi) is 4.25. The molecular weight excluding hydrogens is 381 g/mol. The Hall–Kier alpha value is -1.35. The molecule has 0 spiro atoms. The maximum atomic E-state index is 11.9. The summed E-state index contributed by atoms with van der Waals surface area (Å²) in [7, 11) is 0. The summed E-state index contributed by atoms with van der Waals surface area (Å²) in [5.74, 6) is -1.77. The van der Waals surface area contributed by atoms with Crippen LogP contribution < -0.4 is 0 Å². The number of hydrogen-bond donors (Lipinski definition) is 1. The highest BCUT2D eigenvalue weighted by atomic mass is 127. The largest absolute Gasteiger partial charge is 0.480 e. The van der Waals surface area contributed by atoms with Crippen molar-refractivity contribution in [1.82, 2.24) is 4.90 Å². The topological polar surface area (TPSA) is 74.7 Å². The van der Waals surface area contributed by atoms with Gasteiger partial charge in [-0.05, 0) is 58.1 Å². The normalized spacial score (nSPS) is 17.3. The lowest BCUT2D eigenvalue weighted by Gasteiger charge is -2.07. The van der Waals surface area contributed by atoms with Crippen molar-refractivity contribution < 1.29 is 19.5 Å². The monoisotopic (exact) mass is 389 g/mol. The van der Waals surface area contributed by atoms with Crippen LogP contribution in [-0.2, 0) is 9.59 Å². The van der Waals surface area contributed by atoms with Crippen LogP contribution in [0.2, 0.25) is 0 Å². The Morgan fingerprint density at radius 1 is 1.32 bits per heavy atom. The van der Waals surface area contributed by atoms with Crippen molar-refractivity contribution >= 4 is 57.5 Å². The van der Waals surface area contributed by atoms with Gasteiger partial charge in [0.25, 0.3) is 11.1 Å². The fraction of sp³-hybridized carbons (Fsp3) is 0.0833. The number of hydrogen-bond acceptors (Lipinski definition) is 4. The molecule has 1 aromatic rings. The molecule has 0 saturated carbocycles. The van der Waals surface area contributed by atoms with E-state index in [0.717, 1.165) is 25.8 Å². The number of aliphatic carboxylic acids is 1. The first-order valence-electron chi connectivity index (χ1n) is 5.20. The number of carboxylic acid groups (broad SMARTS) is 1. The van der Waals surface area contributed by atoms with Gasteiger partial charge in [0.15, 0.2) is 0 Å². The highest BCUT2D eigenvalue weighted by Gasteiger charge is 2.36. The molecule has 5 nitrogen and oxygen atoms in total. The molecule has 1 aromatic carbocycles. The van der Waals surface area contributed by atoms with E-state index in [4.69, 9.17) is 5.11 Å². The second-order valence-electron chi connectivity index (χ2n) is 3.71. The van der Waals surface area contributed by atoms with Crippen molar-refractivity contribution in [2.75, 3.05) is 6.54 Å². The molecule has 1 fully saturated rings. The number of rotatable bonds is 3. The Bertz CT molecular complexity index is 582. The lowest BCUT2D eigenvalue weighted by molar-refractivity contribution is -0.140. The van der Waals surface area contributed by atoms with Gasteiger partial charge in [-0.1, -0.05) is 12.1 Å². The van der Waals surface area contributed by atoms with Gasteiger partial charge in [0.1, 0.15) is 6.54 Å². The number of carbonyl (C=O) groups excluding carboxylic acids is 2. The Labute approximate surface area is 126 Å². The molecule has 1 N–H and O–H groups in total. The summed E-state index contributed by atoms with van der Waals surface area (Å²) in [5, 5.41) is 8.09. The first-order chi connectivity index (χ1) is 8.97. The van der Waals surface area contributed by atoms with Gasteiger partial charge in [0, 0.05) is 3.57 Å². The Morgan fingerprint density at radius 2 is 1.95 bits per heavy atom. The molecule has 0 aliphatic carbocycles. The zero-order valence-corrected chi connectivity index (χ0v) is 12.5. The molecule has 1 aliphatic heterocycles. The van der Waals surface area contributed by atoms with Crippen molar-refractivity contribution in [2.45, 2.75) is 0 Å². The minimum atomic E-state index is -1.21. The third-order valence-electron chi connectivity index (χ3n) is 2.33. The molecule has 2 rings (SSSR count). The van der Waals surface area contributed by atoms with Gasteiger partial charge < -0.3 is 5.11 Å². The summed E-state index contributed by atoms with van der Waals surface area (Å²) in [6.07, 6.45) is 1.59.